The van der Waals surface area contributed by atoms with Crippen LogP contribution in [0.3, 0.4) is 0 Å². The third kappa shape index (κ3) is 3.87. The largest absolute Gasteiger partial charge is 0.326 e. The summed E-state index contributed by atoms with van der Waals surface area (Å²) in [5.41, 5.74) is 2.30. The van der Waals surface area contributed by atoms with E-state index in [0.717, 1.165) is 5.56 Å². The summed E-state index contributed by atoms with van der Waals surface area (Å²) in [6.07, 6.45) is 0.561. The fourth-order valence-electron chi connectivity index (χ4n) is 3.69. The highest BCUT2D eigenvalue weighted by molar-refractivity contribution is 6.05. The molecule has 4 rings (SSSR count). The van der Waals surface area contributed by atoms with E-state index in [0.29, 0.717) is 23.2 Å². The Morgan fingerprint density at radius 1 is 1.17 bits per heavy atom. The Balaban J connectivity index is 1.45. The predicted octanol–water partition coefficient (Wildman–Crippen LogP) is 1.77. The van der Waals surface area contributed by atoms with Gasteiger partial charge < -0.3 is 10.2 Å². The first kappa shape index (κ1) is 18.8. The van der Waals surface area contributed by atoms with Crippen LogP contribution in [-0.2, 0) is 27.3 Å². The molecular formula is C21H18FN3O4. The van der Waals surface area contributed by atoms with Crippen LogP contribution in [0.25, 0.3) is 0 Å². The third-order valence-electron chi connectivity index (χ3n) is 5.06. The number of piperidine rings is 1. The van der Waals surface area contributed by atoms with Crippen LogP contribution < -0.4 is 10.6 Å². The van der Waals surface area contributed by atoms with Gasteiger partial charge in [0.05, 0.1) is 6.42 Å². The van der Waals surface area contributed by atoms with Crippen molar-refractivity contribution in [2.75, 3.05) is 5.32 Å². The minimum Gasteiger partial charge on any atom is -0.326 e. The van der Waals surface area contributed by atoms with Crippen LogP contribution in [-0.4, -0.2) is 34.6 Å². The Morgan fingerprint density at radius 3 is 2.76 bits per heavy atom. The zero-order chi connectivity index (χ0) is 20.5. The summed E-state index contributed by atoms with van der Waals surface area (Å²) in [6, 6.07) is 10.1. The first-order chi connectivity index (χ1) is 13.9. The molecule has 4 amide bonds. The molecule has 1 saturated heterocycles. The van der Waals surface area contributed by atoms with Gasteiger partial charge in [0.1, 0.15) is 11.9 Å². The molecule has 1 unspecified atom stereocenters. The lowest BCUT2D eigenvalue weighted by Crippen LogP contribution is -2.52. The van der Waals surface area contributed by atoms with Gasteiger partial charge in [0.15, 0.2) is 0 Å². The van der Waals surface area contributed by atoms with Gasteiger partial charge in [-0.2, -0.15) is 0 Å². The minimum atomic E-state index is -0.674. The van der Waals surface area contributed by atoms with Crippen LogP contribution >= 0.6 is 0 Å². The number of fused-ring (bicyclic) bond motifs is 1. The maximum atomic E-state index is 13.2. The smallest absolute Gasteiger partial charge is 0.255 e. The molecule has 2 aromatic rings. The summed E-state index contributed by atoms with van der Waals surface area (Å²) < 4.78 is 13.2. The summed E-state index contributed by atoms with van der Waals surface area (Å²) in [6.45, 7) is 0.250. The molecule has 2 heterocycles. The average molecular weight is 395 g/mol. The number of hydrogen-bond donors (Lipinski definition) is 2. The number of benzene rings is 2. The fraction of sp³-hybridized carbons (Fsp3) is 0.238. The number of rotatable bonds is 4. The Morgan fingerprint density at radius 2 is 2.00 bits per heavy atom. The number of anilines is 1. The van der Waals surface area contributed by atoms with E-state index in [-0.39, 0.29) is 37.1 Å². The van der Waals surface area contributed by atoms with Crippen LogP contribution in [0.1, 0.15) is 34.3 Å². The lowest BCUT2D eigenvalue weighted by Gasteiger charge is -2.29. The average Bonchev–Trinajstić information content (AvgIpc) is 2.97. The van der Waals surface area contributed by atoms with Gasteiger partial charge in [-0.25, -0.2) is 4.39 Å². The highest BCUT2D eigenvalue weighted by Gasteiger charge is 2.39. The molecule has 2 aromatic carbocycles. The number of carbonyl (C=O) groups excluding carboxylic acids is 4. The number of nitrogens with one attached hydrogen (secondary N) is 2. The summed E-state index contributed by atoms with van der Waals surface area (Å²) in [5, 5.41) is 4.90. The molecule has 8 heteroatoms. The molecule has 2 aliphatic heterocycles. The highest BCUT2D eigenvalue weighted by atomic mass is 19.1. The summed E-state index contributed by atoms with van der Waals surface area (Å²) in [4.78, 5) is 49.8. The SMILES string of the molecule is O=C1CCC(N2Cc3cc(CC(=O)Nc4cccc(F)c4)ccc3C2=O)C(=O)N1. The van der Waals surface area contributed by atoms with Crippen LogP contribution in [0.15, 0.2) is 42.5 Å². The first-order valence-corrected chi connectivity index (χ1v) is 9.22. The first-order valence-electron chi connectivity index (χ1n) is 9.22. The minimum absolute atomic E-state index is 0.0659. The second kappa shape index (κ2) is 7.46. The van der Waals surface area contributed by atoms with Crippen molar-refractivity contribution < 1.29 is 23.6 Å². The van der Waals surface area contributed by atoms with Gasteiger partial charge in [-0.05, 0) is 41.8 Å². The van der Waals surface area contributed by atoms with E-state index in [1.165, 1.54) is 23.1 Å². The second-order valence-electron chi connectivity index (χ2n) is 7.13. The molecule has 7 nitrogen and oxygen atoms in total. The molecular weight excluding hydrogens is 377 g/mol. The van der Waals surface area contributed by atoms with Crippen molar-refractivity contribution in [3.63, 3.8) is 0 Å². The number of nitrogens with zero attached hydrogens (tertiary/aromatic N) is 1. The van der Waals surface area contributed by atoms with Crippen molar-refractivity contribution in [1.29, 1.82) is 0 Å². The van der Waals surface area contributed by atoms with Crippen LogP contribution in [0.4, 0.5) is 10.1 Å². The third-order valence-corrected chi connectivity index (χ3v) is 5.06. The van der Waals surface area contributed by atoms with Gasteiger partial charge in [-0.15, -0.1) is 0 Å². The molecule has 148 valence electrons. The lowest BCUT2D eigenvalue weighted by molar-refractivity contribution is -0.137. The Kier molecular flexibility index (Phi) is 4.84. The van der Waals surface area contributed by atoms with Crippen molar-refractivity contribution >= 4 is 29.3 Å². The maximum absolute atomic E-state index is 13.2. The standard InChI is InChI=1S/C21H18FN3O4/c22-14-2-1-3-15(10-14)23-19(27)9-12-4-5-16-13(8-12)11-25(21(16)29)17-6-7-18(26)24-20(17)28/h1-5,8,10,17H,6-7,9,11H2,(H,23,27)(H,24,26,28). The molecule has 2 N–H and O–H groups in total. The normalized spacial score (nSPS) is 18.4. The molecule has 0 saturated carbocycles. The Labute approximate surface area is 165 Å². The highest BCUT2D eigenvalue weighted by Crippen LogP contribution is 2.28. The van der Waals surface area contributed by atoms with Gasteiger partial charge in [0, 0.05) is 24.2 Å². The van der Waals surface area contributed by atoms with Crippen molar-refractivity contribution in [3.8, 4) is 0 Å². The molecule has 0 aromatic heterocycles. The number of hydrogen-bond acceptors (Lipinski definition) is 4. The van der Waals surface area contributed by atoms with E-state index in [1.807, 2.05) is 0 Å². The van der Waals surface area contributed by atoms with E-state index in [9.17, 15) is 23.6 Å². The van der Waals surface area contributed by atoms with Crippen LogP contribution in [0.5, 0.6) is 0 Å². The van der Waals surface area contributed by atoms with Gasteiger partial charge in [-0.3, -0.25) is 24.5 Å². The molecule has 29 heavy (non-hydrogen) atoms. The van der Waals surface area contributed by atoms with E-state index in [2.05, 4.69) is 10.6 Å². The van der Waals surface area contributed by atoms with Crippen molar-refractivity contribution in [2.45, 2.75) is 31.8 Å². The van der Waals surface area contributed by atoms with Gasteiger partial charge in [0.2, 0.25) is 17.7 Å². The van der Waals surface area contributed by atoms with E-state index in [4.69, 9.17) is 0 Å². The van der Waals surface area contributed by atoms with Crippen molar-refractivity contribution in [2.24, 2.45) is 0 Å². The monoisotopic (exact) mass is 395 g/mol. The zero-order valence-corrected chi connectivity index (χ0v) is 15.4. The number of carbonyl (C=O) groups is 4. The summed E-state index contributed by atoms with van der Waals surface area (Å²) in [7, 11) is 0. The maximum Gasteiger partial charge on any atom is 0.255 e. The molecule has 0 spiro atoms. The van der Waals surface area contributed by atoms with Crippen LogP contribution in [0, 0.1) is 5.82 Å². The predicted molar refractivity (Wildman–Crippen MR) is 101 cm³/mol. The quantitative estimate of drug-likeness (QED) is 0.772. The molecule has 0 radical (unpaired) electrons. The molecule has 0 bridgehead atoms. The van der Waals surface area contributed by atoms with E-state index in [1.54, 1.807) is 24.3 Å². The fourth-order valence-corrected chi connectivity index (χ4v) is 3.69. The van der Waals surface area contributed by atoms with Gasteiger partial charge in [0.25, 0.3) is 5.91 Å². The summed E-state index contributed by atoms with van der Waals surface area (Å²) in [5.74, 6) is -1.79. The zero-order valence-electron chi connectivity index (χ0n) is 15.4. The molecule has 1 atom stereocenters. The van der Waals surface area contributed by atoms with Gasteiger partial charge in [-0.1, -0.05) is 18.2 Å². The van der Waals surface area contributed by atoms with Crippen LogP contribution in [0.2, 0.25) is 0 Å². The van der Waals surface area contributed by atoms with Crippen molar-refractivity contribution in [1.82, 2.24) is 10.2 Å². The van der Waals surface area contributed by atoms with Crippen molar-refractivity contribution in [3.05, 3.63) is 65.0 Å². The summed E-state index contributed by atoms with van der Waals surface area (Å²) >= 11 is 0. The van der Waals surface area contributed by atoms with E-state index >= 15 is 0 Å². The Bertz CT molecular complexity index is 1040. The molecule has 0 aliphatic carbocycles. The number of imide groups is 1. The molecule has 1 fully saturated rings. The topological polar surface area (TPSA) is 95.6 Å². The van der Waals surface area contributed by atoms with E-state index < -0.39 is 17.8 Å². The second-order valence-corrected chi connectivity index (χ2v) is 7.13. The Hall–Kier alpha value is -3.55. The lowest BCUT2D eigenvalue weighted by atomic mass is 10.0. The number of amides is 4. The molecule has 2 aliphatic rings. The van der Waals surface area contributed by atoms with Gasteiger partial charge >= 0.3 is 0 Å². The number of halogens is 1.